The van der Waals surface area contributed by atoms with Crippen molar-refractivity contribution in [1.82, 2.24) is 0 Å². The Kier molecular flexibility index (Phi) is 3.59. The molecule has 21 heavy (non-hydrogen) atoms. The van der Waals surface area contributed by atoms with Crippen LogP contribution in [0.25, 0.3) is 20.2 Å². The first-order valence-electron chi connectivity index (χ1n) is 6.84. The van der Waals surface area contributed by atoms with E-state index < -0.39 is 0 Å². The minimum Gasteiger partial charge on any atom is -0.310 e. The molecule has 3 aromatic rings. The maximum absolute atomic E-state index is 12.1. The number of nitrogens with zero attached hydrogens (tertiary/aromatic N) is 2. The van der Waals surface area contributed by atoms with Gasteiger partial charge in [0.05, 0.1) is 16.5 Å². The molecule has 3 nitrogen and oxygen atoms in total. The van der Waals surface area contributed by atoms with Gasteiger partial charge >= 0.3 is 0 Å². The van der Waals surface area contributed by atoms with Crippen LogP contribution in [0.4, 0.5) is 5.69 Å². The largest absolute Gasteiger partial charge is 0.310 e. The number of nitriles is 1. The lowest BCUT2D eigenvalue weighted by molar-refractivity contribution is -0.117. The third-order valence-corrected chi connectivity index (χ3v) is 4.73. The van der Waals surface area contributed by atoms with E-state index in [4.69, 9.17) is 5.26 Å². The zero-order valence-electron chi connectivity index (χ0n) is 11.7. The second-order valence-electron chi connectivity index (χ2n) is 4.72. The van der Waals surface area contributed by atoms with Crippen LogP contribution in [0, 0.1) is 11.3 Å². The average molecular weight is 294 g/mol. The van der Waals surface area contributed by atoms with Crippen molar-refractivity contribution in [3.8, 4) is 6.07 Å². The molecule has 1 amide bonds. The van der Waals surface area contributed by atoms with Gasteiger partial charge < -0.3 is 4.90 Å². The molecule has 1 heterocycles. The van der Waals surface area contributed by atoms with Gasteiger partial charge in [0.25, 0.3) is 0 Å². The molecule has 1 aromatic heterocycles. The SMILES string of the molecule is CCN(C(=O)CC#N)c1cccc2c1sc1ccccc12. The highest BCUT2D eigenvalue weighted by Crippen LogP contribution is 2.39. The first-order chi connectivity index (χ1) is 10.3. The van der Waals surface area contributed by atoms with Gasteiger partial charge in [-0.15, -0.1) is 11.3 Å². The lowest BCUT2D eigenvalue weighted by atomic mass is 10.1. The van der Waals surface area contributed by atoms with Crippen LogP contribution in [0.5, 0.6) is 0 Å². The Labute approximate surface area is 127 Å². The second-order valence-corrected chi connectivity index (χ2v) is 5.78. The van der Waals surface area contributed by atoms with Crippen LogP contribution in [0.2, 0.25) is 0 Å². The highest BCUT2D eigenvalue weighted by atomic mass is 32.1. The number of benzene rings is 2. The van der Waals surface area contributed by atoms with Crippen molar-refractivity contribution in [1.29, 1.82) is 5.26 Å². The quantitative estimate of drug-likeness (QED) is 0.722. The van der Waals surface area contributed by atoms with Crippen LogP contribution in [0.3, 0.4) is 0 Å². The molecule has 2 aromatic carbocycles. The summed E-state index contributed by atoms with van der Waals surface area (Å²) in [6.07, 6.45) is -0.0882. The van der Waals surface area contributed by atoms with Crippen molar-refractivity contribution in [3.05, 3.63) is 42.5 Å². The van der Waals surface area contributed by atoms with E-state index in [0.29, 0.717) is 6.54 Å². The molecule has 0 fully saturated rings. The van der Waals surface area contributed by atoms with Gasteiger partial charge in [0, 0.05) is 22.0 Å². The van der Waals surface area contributed by atoms with Crippen LogP contribution in [-0.2, 0) is 4.79 Å². The van der Waals surface area contributed by atoms with Crippen molar-refractivity contribution < 1.29 is 4.79 Å². The molecule has 0 saturated heterocycles. The molecular formula is C17H14N2OS. The summed E-state index contributed by atoms with van der Waals surface area (Å²) in [6, 6.07) is 16.2. The number of rotatable bonds is 3. The summed E-state index contributed by atoms with van der Waals surface area (Å²) < 4.78 is 2.32. The van der Waals surface area contributed by atoms with Gasteiger partial charge in [-0.05, 0) is 19.1 Å². The van der Waals surface area contributed by atoms with Crippen molar-refractivity contribution in [3.63, 3.8) is 0 Å². The van der Waals surface area contributed by atoms with E-state index >= 15 is 0 Å². The molecule has 0 saturated carbocycles. The van der Waals surface area contributed by atoms with Gasteiger partial charge in [0.1, 0.15) is 6.42 Å². The maximum Gasteiger partial charge on any atom is 0.241 e. The van der Waals surface area contributed by atoms with Crippen molar-refractivity contribution >= 4 is 43.1 Å². The van der Waals surface area contributed by atoms with Crippen LogP contribution < -0.4 is 4.90 Å². The molecule has 0 radical (unpaired) electrons. The smallest absolute Gasteiger partial charge is 0.241 e. The maximum atomic E-state index is 12.1. The summed E-state index contributed by atoms with van der Waals surface area (Å²) in [5, 5.41) is 11.1. The normalized spacial score (nSPS) is 10.7. The summed E-state index contributed by atoms with van der Waals surface area (Å²) in [5.41, 5.74) is 0.899. The molecule has 0 atom stereocenters. The Morgan fingerprint density at radius 3 is 2.71 bits per heavy atom. The first-order valence-corrected chi connectivity index (χ1v) is 7.65. The number of hydrogen-bond donors (Lipinski definition) is 0. The number of fused-ring (bicyclic) bond motifs is 3. The summed E-state index contributed by atoms with van der Waals surface area (Å²) in [5.74, 6) is -0.148. The second kappa shape index (κ2) is 5.55. The van der Waals surface area contributed by atoms with Crippen LogP contribution in [0.1, 0.15) is 13.3 Å². The lowest BCUT2D eigenvalue weighted by Gasteiger charge is -2.20. The molecule has 0 N–H and O–H groups in total. The van der Waals surface area contributed by atoms with E-state index in [2.05, 4.69) is 18.2 Å². The van der Waals surface area contributed by atoms with Gasteiger partial charge in [0.2, 0.25) is 5.91 Å². The highest BCUT2D eigenvalue weighted by molar-refractivity contribution is 7.26. The molecule has 4 heteroatoms. The summed E-state index contributed by atoms with van der Waals surface area (Å²) in [7, 11) is 0. The molecule has 0 bridgehead atoms. The van der Waals surface area contributed by atoms with E-state index in [9.17, 15) is 4.79 Å². The minimum atomic E-state index is -0.148. The predicted molar refractivity (Wildman–Crippen MR) is 87.6 cm³/mol. The Bertz CT molecular complexity index is 860. The fraction of sp³-hybridized carbons (Fsp3) is 0.176. The monoisotopic (exact) mass is 294 g/mol. The summed E-state index contributed by atoms with van der Waals surface area (Å²) in [6.45, 7) is 2.50. The van der Waals surface area contributed by atoms with E-state index in [-0.39, 0.29) is 12.3 Å². The lowest BCUT2D eigenvalue weighted by Crippen LogP contribution is -2.30. The number of amides is 1. The van der Waals surface area contributed by atoms with Crippen LogP contribution >= 0.6 is 11.3 Å². The van der Waals surface area contributed by atoms with Crippen LogP contribution in [0.15, 0.2) is 42.5 Å². The topological polar surface area (TPSA) is 44.1 Å². The fourth-order valence-electron chi connectivity index (χ4n) is 2.59. The standard InChI is InChI=1S/C17H14N2OS/c1-2-19(16(20)10-11-18)14-8-5-7-13-12-6-3-4-9-15(12)21-17(13)14/h3-9H,2,10H2,1H3. The number of hydrogen-bond acceptors (Lipinski definition) is 3. The fourth-order valence-corrected chi connectivity index (χ4v) is 3.81. The first kappa shape index (κ1) is 13.6. The molecule has 0 aliphatic heterocycles. The van der Waals surface area contributed by atoms with Crippen molar-refractivity contribution in [2.75, 3.05) is 11.4 Å². The summed E-state index contributed by atoms with van der Waals surface area (Å²) in [4.78, 5) is 13.8. The third-order valence-electron chi connectivity index (χ3n) is 3.52. The number of carbonyl (C=O) groups excluding carboxylic acids is 1. The molecule has 3 rings (SSSR count). The average Bonchev–Trinajstić information content (AvgIpc) is 2.88. The Hall–Kier alpha value is -2.38. The molecule has 0 spiro atoms. The number of carbonyl (C=O) groups is 1. The van der Waals surface area contributed by atoms with Gasteiger partial charge in [-0.1, -0.05) is 30.3 Å². The molecule has 104 valence electrons. The van der Waals surface area contributed by atoms with Gasteiger partial charge in [0.15, 0.2) is 0 Å². The zero-order valence-corrected chi connectivity index (χ0v) is 12.5. The highest BCUT2D eigenvalue weighted by Gasteiger charge is 2.17. The van der Waals surface area contributed by atoms with E-state index in [1.54, 1.807) is 16.2 Å². The third kappa shape index (κ3) is 2.26. The Balaban J connectivity index is 2.23. The summed E-state index contributed by atoms with van der Waals surface area (Å²) >= 11 is 1.69. The van der Waals surface area contributed by atoms with Crippen molar-refractivity contribution in [2.45, 2.75) is 13.3 Å². The molecule has 0 aliphatic rings. The predicted octanol–water partition coefficient (Wildman–Crippen LogP) is 4.32. The molecule has 0 aliphatic carbocycles. The Morgan fingerprint density at radius 1 is 1.19 bits per heavy atom. The molecular weight excluding hydrogens is 280 g/mol. The minimum absolute atomic E-state index is 0.0882. The molecule has 0 unspecified atom stereocenters. The van der Waals surface area contributed by atoms with E-state index in [0.717, 1.165) is 15.8 Å². The Morgan fingerprint density at radius 2 is 1.95 bits per heavy atom. The van der Waals surface area contributed by atoms with Gasteiger partial charge in [-0.3, -0.25) is 4.79 Å². The van der Waals surface area contributed by atoms with Gasteiger partial charge in [-0.25, -0.2) is 0 Å². The van der Waals surface area contributed by atoms with Crippen molar-refractivity contribution in [2.24, 2.45) is 0 Å². The zero-order chi connectivity index (χ0) is 14.8. The van der Waals surface area contributed by atoms with E-state index in [1.165, 1.54) is 10.1 Å². The van der Waals surface area contributed by atoms with Crippen LogP contribution in [-0.4, -0.2) is 12.5 Å². The van der Waals surface area contributed by atoms with Gasteiger partial charge in [-0.2, -0.15) is 5.26 Å². The number of thiophene rings is 1. The van der Waals surface area contributed by atoms with E-state index in [1.807, 2.05) is 37.3 Å². The number of anilines is 1.